The van der Waals surface area contributed by atoms with Crippen LogP contribution >= 0.6 is 11.8 Å². The highest BCUT2D eigenvalue weighted by atomic mass is 32.2. The first kappa shape index (κ1) is 12.6. The number of halogens is 1. The minimum Gasteiger partial charge on any atom is -0.245 e. The minimum atomic E-state index is -0.299. The number of aromatic nitrogens is 1. The van der Waals surface area contributed by atoms with Gasteiger partial charge < -0.3 is 0 Å². The van der Waals surface area contributed by atoms with E-state index in [-0.39, 0.29) is 5.82 Å². The van der Waals surface area contributed by atoms with Crippen LogP contribution in [0.15, 0.2) is 40.3 Å². The van der Waals surface area contributed by atoms with Gasteiger partial charge in [-0.3, -0.25) is 0 Å². The Kier molecular flexibility index (Phi) is 3.63. The Morgan fingerprint density at radius 2 is 2.00 bits per heavy atom. The molecule has 0 bridgehead atoms. The second-order valence-corrected chi connectivity index (χ2v) is 4.94. The van der Waals surface area contributed by atoms with Gasteiger partial charge >= 0.3 is 0 Å². The third kappa shape index (κ3) is 2.52. The quantitative estimate of drug-likeness (QED) is 0.820. The average Bonchev–Trinajstić information content (AvgIpc) is 2.31. The molecule has 18 heavy (non-hydrogen) atoms. The fraction of sp³-hybridized carbons (Fsp3) is 0.143. The zero-order valence-electron chi connectivity index (χ0n) is 10.1. The Hall–Kier alpha value is -1.86. The first-order valence-corrected chi connectivity index (χ1v) is 6.24. The number of hydrogen-bond donors (Lipinski definition) is 0. The van der Waals surface area contributed by atoms with Crippen molar-refractivity contribution in [2.45, 2.75) is 23.8 Å². The lowest BCUT2D eigenvalue weighted by atomic mass is 10.1. The Labute approximate surface area is 109 Å². The van der Waals surface area contributed by atoms with E-state index in [1.165, 1.54) is 17.8 Å². The van der Waals surface area contributed by atoms with Gasteiger partial charge in [0.25, 0.3) is 0 Å². The number of nitriles is 1. The summed E-state index contributed by atoms with van der Waals surface area (Å²) in [5, 5.41) is 9.70. The fourth-order valence-corrected chi connectivity index (χ4v) is 2.66. The lowest BCUT2D eigenvalue weighted by Gasteiger charge is -2.07. The number of aryl methyl sites for hydroxylation is 2. The predicted molar refractivity (Wildman–Crippen MR) is 68.9 cm³/mol. The highest BCUT2D eigenvalue weighted by Gasteiger charge is 2.12. The molecule has 1 aromatic carbocycles. The molecule has 0 fully saturated rings. The molecule has 1 aromatic heterocycles. The summed E-state index contributed by atoms with van der Waals surface area (Å²) in [6.45, 7) is 3.72. The lowest BCUT2D eigenvalue weighted by molar-refractivity contribution is 0.602. The van der Waals surface area contributed by atoms with Crippen LogP contribution in [0.5, 0.6) is 0 Å². The molecular weight excluding hydrogens is 247 g/mol. The van der Waals surface area contributed by atoms with Crippen LogP contribution in [-0.2, 0) is 0 Å². The Bertz CT molecular complexity index is 632. The molecule has 4 heteroatoms. The second-order valence-electron chi connectivity index (χ2n) is 3.90. The number of benzene rings is 1. The van der Waals surface area contributed by atoms with Gasteiger partial charge in [-0.2, -0.15) is 5.26 Å². The van der Waals surface area contributed by atoms with Gasteiger partial charge in [-0.15, -0.1) is 0 Å². The van der Waals surface area contributed by atoms with E-state index >= 15 is 0 Å². The van der Waals surface area contributed by atoms with E-state index in [0.717, 1.165) is 11.3 Å². The molecule has 2 nitrogen and oxygen atoms in total. The molecule has 1 heterocycles. The van der Waals surface area contributed by atoms with E-state index in [4.69, 9.17) is 5.26 Å². The first-order valence-electron chi connectivity index (χ1n) is 5.42. The Balaban J connectivity index is 2.47. The standard InChI is InChI=1S/C14H11FN2S/c1-9-7-10(2)17-14(11(9)8-16)18-13-6-4-3-5-12(13)15/h3-7H,1-2H3. The van der Waals surface area contributed by atoms with E-state index in [1.54, 1.807) is 18.2 Å². The van der Waals surface area contributed by atoms with Crippen LogP contribution in [0, 0.1) is 31.0 Å². The summed E-state index contributed by atoms with van der Waals surface area (Å²) in [6, 6.07) is 10.5. The molecule has 0 radical (unpaired) electrons. The summed E-state index contributed by atoms with van der Waals surface area (Å²) < 4.78 is 13.6. The van der Waals surface area contributed by atoms with Gasteiger partial charge in [0.2, 0.25) is 0 Å². The molecule has 0 aliphatic carbocycles. The van der Waals surface area contributed by atoms with Gasteiger partial charge in [-0.1, -0.05) is 23.9 Å². The molecule has 2 aromatic rings. The smallest absolute Gasteiger partial charge is 0.137 e. The zero-order valence-corrected chi connectivity index (χ0v) is 10.9. The molecule has 0 saturated heterocycles. The molecular formula is C14H11FN2S. The summed E-state index contributed by atoms with van der Waals surface area (Å²) >= 11 is 1.19. The highest BCUT2D eigenvalue weighted by molar-refractivity contribution is 7.99. The summed E-state index contributed by atoms with van der Waals surface area (Å²) in [6.07, 6.45) is 0. The van der Waals surface area contributed by atoms with Crippen molar-refractivity contribution < 1.29 is 4.39 Å². The fourth-order valence-electron chi connectivity index (χ4n) is 1.64. The van der Waals surface area contributed by atoms with Crippen LogP contribution in [0.4, 0.5) is 4.39 Å². The zero-order chi connectivity index (χ0) is 13.1. The summed E-state index contributed by atoms with van der Waals surface area (Å²) in [5.41, 5.74) is 2.20. The van der Waals surface area contributed by atoms with Crippen LogP contribution in [0.25, 0.3) is 0 Å². The molecule has 0 spiro atoms. The van der Waals surface area contributed by atoms with E-state index in [2.05, 4.69) is 11.1 Å². The normalized spacial score (nSPS) is 10.1. The SMILES string of the molecule is Cc1cc(C)c(C#N)c(Sc2ccccc2F)n1. The van der Waals surface area contributed by atoms with Crippen LogP contribution < -0.4 is 0 Å². The predicted octanol–water partition coefficient (Wildman–Crippen LogP) is 3.86. The van der Waals surface area contributed by atoms with E-state index in [0.29, 0.717) is 15.5 Å². The van der Waals surface area contributed by atoms with E-state index < -0.39 is 0 Å². The number of pyridine rings is 1. The molecule has 0 atom stereocenters. The average molecular weight is 258 g/mol. The van der Waals surface area contributed by atoms with E-state index in [9.17, 15) is 4.39 Å². The molecule has 0 aliphatic rings. The minimum absolute atomic E-state index is 0.299. The van der Waals surface area contributed by atoms with Gasteiger partial charge in [-0.05, 0) is 37.6 Å². The van der Waals surface area contributed by atoms with E-state index in [1.807, 2.05) is 19.9 Å². The van der Waals surface area contributed by atoms with Gasteiger partial charge in [0.15, 0.2) is 0 Å². The Morgan fingerprint density at radius 3 is 2.67 bits per heavy atom. The Morgan fingerprint density at radius 1 is 1.28 bits per heavy atom. The molecule has 0 amide bonds. The van der Waals surface area contributed by atoms with Crippen molar-refractivity contribution in [2.75, 3.05) is 0 Å². The van der Waals surface area contributed by atoms with Crippen molar-refractivity contribution in [1.29, 1.82) is 5.26 Å². The molecule has 0 N–H and O–H groups in total. The summed E-state index contributed by atoms with van der Waals surface area (Å²) in [4.78, 5) is 4.79. The van der Waals surface area contributed by atoms with Crippen LogP contribution in [-0.4, -0.2) is 4.98 Å². The molecule has 90 valence electrons. The largest absolute Gasteiger partial charge is 0.245 e. The van der Waals surface area contributed by atoms with Gasteiger partial charge in [0.1, 0.15) is 16.9 Å². The monoisotopic (exact) mass is 258 g/mol. The maximum atomic E-state index is 13.6. The lowest BCUT2D eigenvalue weighted by Crippen LogP contribution is -1.94. The molecule has 2 rings (SSSR count). The summed E-state index contributed by atoms with van der Waals surface area (Å²) in [7, 11) is 0. The van der Waals surface area contributed by atoms with Crippen molar-refractivity contribution in [3.63, 3.8) is 0 Å². The number of hydrogen-bond acceptors (Lipinski definition) is 3. The van der Waals surface area contributed by atoms with Gasteiger partial charge in [-0.25, -0.2) is 9.37 Å². The van der Waals surface area contributed by atoms with Crippen LogP contribution in [0.3, 0.4) is 0 Å². The third-order valence-corrected chi connectivity index (χ3v) is 3.51. The van der Waals surface area contributed by atoms with Crippen LogP contribution in [0.1, 0.15) is 16.8 Å². The third-order valence-electron chi connectivity index (χ3n) is 2.47. The van der Waals surface area contributed by atoms with Crippen molar-refractivity contribution in [1.82, 2.24) is 4.98 Å². The molecule has 0 unspecified atom stereocenters. The highest BCUT2D eigenvalue weighted by Crippen LogP contribution is 2.31. The van der Waals surface area contributed by atoms with Gasteiger partial charge in [0, 0.05) is 10.6 Å². The molecule has 0 aliphatic heterocycles. The van der Waals surface area contributed by atoms with Crippen molar-refractivity contribution in [2.24, 2.45) is 0 Å². The van der Waals surface area contributed by atoms with Crippen LogP contribution in [0.2, 0.25) is 0 Å². The van der Waals surface area contributed by atoms with Crippen molar-refractivity contribution in [3.8, 4) is 6.07 Å². The molecule has 0 saturated carbocycles. The van der Waals surface area contributed by atoms with Crippen molar-refractivity contribution >= 4 is 11.8 Å². The second kappa shape index (κ2) is 5.19. The van der Waals surface area contributed by atoms with Gasteiger partial charge in [0.05, 0.1) is 5.56 Å². The maximum Gasteiger partial charge on any atom is 0.137 e. The topological polar surface area (TPSA) is 36.7 Å². The number of rotatable bonds is 2. The first-order chi connectivity index (χ1) is 8.61. The maximum absolute atomic E-state index is 13.6. The van der Waals surface area contributed by atoms with Crippen molar-refractivity contribution in [3.05, 3.63) is 53.0 Å². The number of nitrogens with zero attached hydrogens (tertiary/aromatic N) is 2. The summed E-state index contributed by atoms with van der Waals surface area (Å²) in [5.74, 6) is -0.299.